The summed E-state index contributed by atoms with van der Waals surface area (Å²) in [5.74, 6) is 1.05. The van der Waals surface area contributed by atoms with Crippen molar-refractivity contribution in [3.8, 4) is 17.7 Å². The van der Waals surface area contributed by atoms with Crippen LogP contribution in [0.5, 0.6) is 11.6 Å². The van der Waals surface area contributed by atoms with E-state index >= 15 is 0 Å². The number of amides is 1. The highest BCUT2D eigenvalue weighted by atomic mass is 79.9. The van der Waals surface area contributed by atoms with Gasteiger partial charge in [0, 0.05) is 21.3 Å². The Labute approximate surface area is 182 Å². The number of carbonyl (C=O) groups is 1. The zero-order valence-corrected chi connectivity index (χ0v) is 18.3. The number of anilines is 1. The third kappa shape index (κ3) is 5.59. The Morgan fingerprint density at radius 3 is 2.76 bits per heavy atom. The molecule has 0 bridgehead atoms. The molecule has 0 atom stereocenters. The van der Waals surface area contributed by atoms with Gasteiger partial charge in [0.25, 0.3) is 0 Å². The molecule has 5 nitrogen and oxygen atoms in total. The summed E-state index contributed by atoms with van der Waals surface area (Å²) in [6.07, 6.45) is 1.57. The van der Waals surface area contributed by atoms with Crippen molar-refractivity contribution in [3.05, 3.63) is 75.9 Å². The standard InChI is InChI=1S/C22H18BrN3O2S/c1-14-11-18(28-22-16(12-24)4-3-9-25-22)6-7-19(14)26-21(27)13-29-20-8-5-17(23)10-15(20)2/h3-11H,13H2,1-2H3,(H,26,27). The molecule has 0 aliphatic heterocycles. The second kappa shape index (κ2) is 9.59. The molecule has 2 aromatic carbocycles. The second-order valence-electron chi connectivity index (χ2n) is 6.29. The number of nitrogens with one attached hydrogen (secondary N) is 1. The van der Waals surface area contributed by atoms with E-state index in [-0.39, 0.29) is 11.8 Å². The normalized spacial score (nSPS) is 10.3. The van der Waals surface area contributed by atoms with Crippen molar-refractivity contribution in [2.75, 3.05) is 11.1 Å². The number of hydrogen-bond donors (Lipinski definition) is 1. The summed E-state index contributed by atoms with van der Waals surface area (Å²) in [5.41, 5.74) is 3.07. The summed E-state index contributed by atoms with van der Waals surface area (Å²) in [5, 5.41) is 12.1. The predicted molar refractivity (Wildman–Crippen MR) is 118 cm³/mol. The van der Waals surface area contributed by atoms with Gasteiger partial charge in [0.1, 0.15) is 17.4 Å². The molecule has 0 spiro atoms. The van der Waals surface area contributed by atoms with E-state index in [4.69, 9.17) is 10.00 Å². The van der Waals surface area contributed by atoms with E-state index in [2.05, 4.69) is 32.3 Å². The van der Waals surface area contributed by atoms with Gasteiger partial charge in [-0.3, -0.25) is 4.79 Å². The van der Waals surface area contributed by atoms with Gasteiger partial charge in [0.05, 0.1) is 5.75 Å². The quantitative estimate of drug-likeness (QED) is 0.459. The summed E-state index contributed by atoms with van der Waals surface area (Å²) in [6, 6.07) is 16.7. The molecule has 0 radical (unpaired) electrons. The Hall–Kier alpha value is -2.82. The van der Waals surface area contributed by atoms with Gasteiger partial charge >= 0.3 is 0 Å². The molecule has 0 unspecified atom stereocenters. The molecule has 7 heteroatoms. The molecule has 146 valence electrons. The number of aryl methyl sites for hydroxylation is 2. The van der Waals surface area contributed by atoms with Gasteiger partial charge in [-0.1, -0.05) is 15.9 Å². The Balaban J connectivity index is 1.63. The van der Waals surface area contributed by atoms with Crippen LogP contribution < -0.4 is 10.1 Å². The third-order valence-electron chi connectivity index (χ3n) is 4.07. The van der Waals surface area contributed by atoms with Crippen molar-refractivity contribution < 1.29 is 9.53 Å². The van der Waals surface area contributed by atoms with E-state index in [9.17, 15) is 4.79 Å². The van der Waals surface area contributed by atoms with Gasteiger partial charge < -0.3 is 10.1 Å². The number of nitriles is 1. The Morgan fingerprint density at radius 1 is 1.21 bits per heavy atom. The SMILES string of the molecule is Cc1cc(Oc2ncccc2C#N)ccc1NC(=O)CSc1ccc(Br)cc1C. The number of hydrogen-bond acceptors (Lipinski definition) is 5. The Bertz CT molecular complexity index is 1100. The van der Waals surface area contributed by atoms with Crippen molar-refractivity contribution in [2.45, 2.75) is 18.7 Å². The smallest absolute Gasteiger partial charge is 0.237 e. The fourth-order valence-corrected chi connectivity index (χ4v) is 3.90. The van der Waals surface area contributed by atoms with Crippen LogP contribution in [0.2, 0.25) is 0 Å². The van der Waals surface area contributed by atoms with Crippen molar-refractivity contribution in [1.82, 2.24) is 4.98 Å². The van der Waals surface area contributed by atoms with Crippen LogP contribution >= 0.6 is 27.7 Å². The maximum absolute atomic E-state index is 12.4. The first-order valence-electron chi connectivity index (χ1n) is 8.78. The van der Waals surface area contributed by atoms with Crippen LogP contribution in [-0.2, 0) is 4.79 Å². The molecular formula is C22H18BrN3O2S. The maximum Gasteiger partial charge on any atom is 0.237 e. The lowest BCUT2D eigenvalue weighted by Crippen LogP contribution is -2.14. The molecule has 0 fully saturated rings. The molecule has 0 aliphatic carbocycles. The van der Waals surface area contributed by atoms with Gasteiger partial charge in [-0.2, -0.15) is 5.26 Å². The summed E-state index contributed by atoms with van der Waals surface area (Å²) >= 11 is 4.95. The molecule has 3 aromatic rings. The Kier molecular flexibility index (Phi) is 6.91. The summed E-state index contributed by atoms with van der Waals surface area (Å²) in [6.45, 7) is 3.91. The van der Waals surface area contributed by atoms with E-state index in [1.54, 1.807) is 36.5 Å². The number of thioether (sulfide) groups is 1. The molecule has 1 N–H and O–H groups in total. The number of nitrogens with zero attached hydrogens (tertiary/aromatic N) is 2. The maximum atomic E-state index is 12.4. The molecule has 0 saturated carbocycles. The third-order valence-corrected chi connectivity index (χ3v) is 5.74. The number of benzene rings is 2. The van der Waals surface area contributed by atoms with E-state index in [0.717, 1.165) is 26.2 Å². The van der Waals surface area contributed by atoms with Gasteiger partial charge in [0.15, 0.2) is 0 Å². The fourth-order valence-electron chi connectivity index (χ4n) is 2.61. The highest BCUT2D eigenvalue weighted by Crippen LogP contribution is 2.28. The van der Waals surface area contributed by atoms with Crippen LogP contribution in [0.4, 0.5) is 5.69 Å². The molecule has 1 heterocycles. The van der Waals surface area contributed by atoms with E-state index in [1.807, 2.05) is 32.0 Å². The van der Waals surface area contributed by atoms with Crippen LogP contribution in [0, 0.1) is 25.2 Å². The Morgan fingerprint density at radius 2 is 2.03 bits per heavy atom. The number of ether oxygens (including phenoxy) is 1. The van der Waals surface area contributed by atoms with Crippen molar-refractivity contribution >= 4 is 39.3 Å². The molecule has 3 rings (SSSR count). The number of carbonyl (C=O) groups excluding carboxylic acids is 1. The molecule has 1 amide bonds. The van der Waals surface area contributed by atoms with Crippen LogP contribution in [-0.4, -0.2) is 16.6 Å². The van der Waals surface area contributed by atoms with E-state index < -0.39 is 0 Å². The fraction of sp³-hybridized carbons (Fsp3) is 0.136. The molecule has 29 heavy (non-hydrogen) atoms. The number of rotatable bonds is 6. The van der Waals surface area contributed by atoms with Gasteiger partial charge in [-0.25, -0.2) is 4.98 Å². The summed E-state index contributed by atoms with van der Waals surface area (Å²) in [7, 11) is 0. The van der Waals surface area contributed by atoms with Gasteiger partial charge in [0.2, 0.25) is 11.8 Å². The minimum absolute atomic E-state index is 0.0782. The number of halogens is 1. The largest absolute Gasteiger partial charge is 0.438 e. The monoisotopic (exact) mass is 467 g/mol. The predicted octanol–water partition coefficient (Wildman–Crippen LogP) is 5.86. The second-order valence-corrected chi connectivity index (χ2v) is 8.23. The molecule has 0 saturated heterocycles. The van der Waals surface area contributed by atoms with Crippen molar-refractivity contribution in [2.24, 2.45) is 0 Å². The summed E-state index contributed by atoms with van der Waals surface area (Å²) < 4.78 is 6.74. The zero-order chi connectivity index (χ0) is 20.8. The van der Waals surface area contributed by atoms with Crippen LogP contribution in [0.25, 0.3) is 0 Å². The zero-order valence-electron chi connectivity index (χ0n) is 15.9. The van der Waals surface area contributed by atoms with Crippen LogP contribution in [0.1, 0.15) is 16.7 Å². The van der Waals surface area contributed by atoms with E-state index in [1.165, 1.54) is 11.8 Å². The van der Waals surface area contributed by atoms with Gasteiger partial charge in [-0.05, 0) is 73.5 Å². The van der Waals surface area contributed by atoms with Crippen LogP contribution in [0.3, 0.4) is 0 Å². The first-order chi connectivity index (χ1) is 14.0. The first-order valence-corrected chi connectivity index (χ1v) is 10.6. The lowest BCUT2D eigenvalue weighted by atomic mass is 10.2. The van der Waals surface area contributed by atoms with Crippen molar-refractivity contribution in [3.63, 3.8) is 0 Å². The minimum Gasteiger partial charge on any atom is -0.438 e. The van der Waals surface area contributed by atoms with Crippen LogP contribution in [0.15, 0.2) is 64.1 Å². The lowest BCUT2D eigenvalue weighted by molar-refractivity contribution is -0.113. The number of pyridine rings is 1. The number of aromatic nitrogens is 1. The first kappa shape index (κ1) is 20.9. The average molecular weight is 468 g/mol. The summed E-state index contributed by atoms with van der Waals surface area (Å²) in [4.78, 5) is 17.5. The van der Waals surface area contributed by atoms with Gasteiger partial charge in [-0.15, -0.1) is 11.8 Å². The minimum atomic E-state index is -0.0782. The highest BCUT2D eigenvalue weighted by Gasteiger charge is 2.10. The highest BCUT2D eigenvalue weighted by molar-refractivity contribution is 9.10. The topological polar surface area (TPSA) is 75.0 Å². The molecule has 1 aromatic heterocycles. The van der Waals surface area contributed by atoms with Crippen molar-refractivity contribution in [1.29, 1.82) is 5.26 Å². The molecule has 0 aliphatic rings. The molecular weight excluding hydrogens is 450 g/mol. The van der Waals surface area contributed by atoms with E-state index in [0.29, 0.717) is 17.1 Å². The average Bonchev–Trinajstić information content (AvgIpc) is 2.70. The lowest BCUT2D eigenvalue weighted by Gasteiger charge is -2.12.